The fraction of sp³-hybridized carbons (Fsp3) is 0.417. The van der Waals surface area contributed by atoms with Crippen LogP contribution in [0.3, 0.4) is 0 Å². The van der Waals surface area contributed by atoms with Crippen LogP contribution in [0.15, 0.2) is 30.5 Å². The van der Waals surface area contributed by atoms with Crippen molar-refractivity contribution in [2.75, 3.05) is 44.5 Å². The third-order valence-electron chi connectivity index (χ3n) is 4.55. The summed E-state index contributed by atoms with van der Waals surface area (Å²) in [5.74, 6) is 6.23. The molecule has 11 heteroatoms. The van der Waals surface area contributed by atoms with Crippen LogP contribution >= 0.6 is 0 Å². The molecule has 0 saturated carbocycles. The number of ether oxygens (including phenoxy) is 2. The van der Waals surface area contributed by atoms with Crippen molar-refractivity contribution < 1.29 is 23.5 Å². The van der Waals surface area contributed by atoms with Gasteiger partial charge in [-0.05, 0) is 38.0 Å². The van der Waals surface area contributed by atoms with Gasteiger partial charge in [0.15, 0.2) is 6.10 Å². The first-order valence-corrected chi connectivity index (χ1v) is 11.2. The van der Waals surface area contributed by atoms with E-state index in [0.29, 0.717) is 55.6 Å². The van der Waals surface area contributed by atoms with Gasteiger partial charge in [0.1, 0.15) is 11.6 Å². The number of carbonyl (C=O) groups excluding carboxylic acids is 2. The fourth-order valence-electron chi connectivity index (χ4n) is 2.75. The number of carbonyl (C=O) groups is 2. The highest BCUT2D eigenvalue weighted by Gasteiger charge is 2.16. The molecule has 0 radical (unpaired) electrons. The zero-order chi connectivity index (χ0) is 25.5. The Kier molecular flexibility index (Phi) is 11.8. The second-order valence-electron chi connectivity index (χ2n) is 7.36. The Bertz CT molecular complexity index is 1040. The summed E-state index contributed by atoms with van der Waals surface area (Å²) >= 11 is 0. The summed E-state index contributed by atoms with van der Waals surface area (Å²) in [4.78, 5) is 31.8. The van der Waals surface area contributed by atoms with E-state index >= 15 is 0 Å². The van der Waals surface area contributed by atoms with Crippen molar-refractivity contribution in [3.63, 3.8) is 0 Å². The van der Waals surface area contributed by atoms with Crippen molar-refractivity contribution in [1.29, 1.82) is 0 Å². The minimum absolute atomic E-state index is 0.311. The number of amides is 2. The first-order valence-electron chi connectivity index (χ1n) is 11.2. The van der Waals surface area contributed by atoms with E-state index in [0.717, 1.165) is 6.42 Å². The molecule has 1 unspecified atom stereocenters. The first-order chi connectivity index (χ1) is 16.9. The molecule has 0 aliphatic carbocycles. The summed E-state index contributed by atoms with van der Waals surface area (Å²) in [7, 11) is 3.06. The van der Waals surface area contributed by atoms with Gasteiger partial charge in [0.25, 0.3) is 5.91 Å². The van der Waals surface area contributed by atoms with Gasteiger partial charge in [-0.2, -0.15) is 4.98 Å². The number of benzene rings is 1. The maximum Gasteiger partial charge on any atom is 0.407 e. The van der Waals surface area contributed by atoms with Gasteiger partial charge in [0, 0.05) is 46.0 Å². The van der Waals surface area contributed by atoms with E-state index in [9.17, 15) is 14.0 Å². The van der Waals surface area contributed by atoms with Gasteiger partial charge in [-0.1, -0.05) is 17.9 Å². The quantitative estimate of drug-likeness (QED) is 0.267. The van der Waals surface area contributed by atoms with Crippen LogP contribution in [0.2, 0.25) is 0 Å². The van der Waals surface area contributed by atoms with Gasteiger partial charge in [-0.15, -0.1) is 0 Å². The number of aromatic nitrogens is 2. The van der Waals surface area contributed by atoms with E-state index in [1.807, 2.05) is 0 Å². The summed E-state index contributed by atoms with van der Waals surface area (Å²) in [6, 6.07) is 6.03. The van der Waals surface area contributed by atoms with Gasteiger partial charge in [-0.3, -0.25) is 4.79 Å². The second kappa shape index (κ2) is 15.1. The van der Waals surface area contributed by atoms with Crippen LogP contribution < -0.4 is 21.3 Å². The number of hydrogen-bond donors (Lipinski definition) is 4. The number of alkyl carbamates (subject to hydrolysis) is 1. The highest BCUT2D eigenvalue weighted by atomic mass is 19.1. The van der Waals surface area contributed by atoms with Crippen molar-refractivity contribution in [1.82, 2.24) is 20.6 Å². The maximum atomic E-state index is 13.5. The van der Waals surface area contributed by atoms with Gasteiger partial charge < -0.3 is 30.7 Å². The van der Waals surface area contributed by atoms with E-state index in [2.05, 4.69) is 43.1 Å². The molecular weight excluding hydrogens is 455 g/mol. The molecule has 1 aromatic carbocycles. The first kappa shape index (κ1) is 27.3. The normalized spacial score (nSPS) is 11.0. The van der Waals surface area contributed by atoms with E-state index in [1.54, 1.807) is 25.4 Å². The third-order valence-corrected chi connectivity index (χ3v) is 4.55. The molecular formula is C24H31FN6O4. The predicted octanol–water partition coefficient (Wildman–Crippen LogP) is 2.80. The van der Waals surface area contributed by atoms with E-state index in [4.69, 9.17) is 9.47 Å². The Morgan fingerprint density at radius 3 is 2.80 bits per heavy atom. The summed E-state index contributed by atoms with van der Waals surface area (Å²) < 4.78 is 23.4. The summed E-state index contributed by atoms with van der Waals surface area (Å²) in [6.45, 7) is 3.12. The van der Waals surface area contributed by atoms with Crippen LogP contribution in [0, 0.1) is 17.7 Å². The average Bonchev–Trinajstić information content (AvgIpc) is 2.84. The van der Waals surface area contributed by atoms with Gasteiger partial charge in [-0.25, -0.2) is 14.2 Å². The number of nitrogens with zero attached hydrogens (tertiary/aromatic N) is 2. The Balaban J connectivity index is 1.94. The molecule has 10 nitrogen and oxygen atoms in total. The number of rotatable bonds is 12. The molecule has 2 rings (SSSR count). The number of hydrogen-bond acceptors (Lipinski definition) is 8. The summed E-state index contributed by atoms with van der Waals surface area (Å²) in [5.41, 5.74) is 1.15. The largest absolute Gasteiger partial charge is 0.436 e. The molecule has 4 N–H and O–H groups in total. The van der Waals surface area contributed by atoms with Gasteiger partial charge >= 0.3 is 6.09 Å². The number of unbranched alkanes of at least 4 members (excludes halogenated alkanes) is 1. The molecule has 0 fully saturated rings. The lowest BCUT2D eigenvalue weighted by Gasteiger charge is -2.12. The zero-order valence-corrected chi connectivity index (χ0v) is 20.1. The van der Waals surface area contributed by atoms with Crippen LogP contribution in [-0.4, -0.2) is 61.9 Å². The Morgan fingerprint density at radius 2 is 2.06 bits per heavy atom. The molecule has 35 heavy (non-hydrogen) atoms. The molecule has 0 saturated heterocycles. The molecule has 1 heterocycles. The van der Waals surface area contributed by atoms with E-state index < -0.39 is 12.2 Å². The van der Waals surface area contributed by atoms with Gasteiger partial charge in [0.2, 0.25) is 5.95 Å². The average molecular weight is 487 g/mol. The Labute approximate surface area is 204 Å². The highest BCUT2D eigenvalue weighted by molar-refractivity contribution is 5.82. The molecule has 1 aromatic heterocycles. The number of nitrogens with one attached hydrogen (secondary N) is 4. The molecule has 2 aromatic rings. The lowest BCUT2D eigenvalue weighted by atomic mass is 10.2. The lowest BCUT2D eigenvalue weighted by molar-refractivity contribution is -0.128. The summed E-state index contributed by atoms with van der Waals surface area (Å²) in [5, 5.41) is 11.2. The maximum absolute atomic E-state index is 13.5. The van der Waals surface area contributed by atoms with Crippen LogP contribution in [0.1, 0.15) is 31.7 Å². The van der Waals surface area contributed by atoms with Crippen molar-refractivity contribution in [3.05, 3.63) is 41.8 Å². The number of anilines is 3. The minimum Gasteiger partial charge on any atom is -0.436 e. The smallest absolute Gasteiger partial charge is 0.407 e. The topological polar surface area (TPSA) is 126 Å². The number of methoxy groups -OCH3 is 1. The van der Waals surface area contributed by atoms with E-state index in [1.165, 1.54) is 26.1 Å². The molecule has 2 amide bonds. The second-order valence-corrected chi connectivity index (χ2v) is 7.36. The summed E-state index contributed by atoms with van der Waals surface area (Å²) in [6.07, 6.45) is 1.97. The van der Waals surface area contributed by atoms with Crippen LogP contribution in [0.4, 0.5) is 26.6 Å². The lowest BCUT2D eigenvalue weighted by Crippen LogP contribution is -2.38. The molecule has 0 bridgehead atoms. The predicted molar refractivity (Wildman–Crippen MR) is 131 cm³/mol. The van der Waals surface area contributed by atoms with E-state index in [-0.39, 0.29) is 11.7 Å². The van der Waals surface area contributed by atoms with Crippen LogP contribution in [0.25, 0.3) is 0 Å². The Morgan fingerprint density at radius 1 is 1.23 bits per heavy atom. The van der Waals surface area contributed by atoms with Crippen molar-refractivity contribution >= 4 is 29.5 Å². The number of halogens is 1. The van der Waals surface area contributed by atoms with Crippen molar-refractivity contribution in [2.45, 2.75) is 32.3 Å². The van der Waals surface area contributed by atoms with Crippen molar-refractivity contribution in [2.24, 2.45) is 0 Å². The third kappa shape index (κ3) is 10.3. The SMILES string of the molecule is CNC(=O)OC(C)C(=O)NCCCC#Cc1cnc(Nc2cccc(F)c2)nc1NCCCOC. The molecule has 188 valence electrons. The minimum atomic E-state index is -0.885. The molecule has 0 aliphatic rings. The molecule has 0 aliphatic heterocycles. The van der Waals surface area contributed by atoms with Crippen LogP contribution in [0.5, 0.6) is 0 Å². The Hall–Kier alpha value is -3.91. The van der Waals surface area contributed by atoms with Crippen LogP contribution in [-0.2, 0) is 14.3 Å². The standard InChI is InChI=1S/C24H31FN6O4/c1-17(35-24(33)26-2)22(32)28-12-6-4-5-9-18-16-29-23(30-20-11-7-10-19(25)15-20)31-21(18)27-13-8-14-34-3/h7,10-11,15-17H,4,6,8,12-14H2,1-3H3,(H,26,33)(H,28,32)(H2,27,29,30,31). The molecule has 0 spiro atoms. The monoisotopic (exact) mass is 486 g/mol. The fourth-order valence-corrected chi connectivity index (χ4v) is 2.75. The molecule has 1 atom stereocenters. The highest BCUT2D eigenvalue weighted by Crippen LogP contribution is 2.18. The van der Waals surface area contributed by atoms with Crippen molar-refractivity contribution in [3.8, 4) is 11.8 Å². The zero-order valence-electron chi connectivity index (χ0n) is 20.1. The van der Waals surface area contributed by atoms with Gasteiger partial charge in [0.05, 0.1) is 11.8 Å².